The lowest BCUT2D eigenvalue weighted by Gasteiger charge is -2.20. The Hall–Kier alpha value is -0.280. The van der Waals surface area contributed by atoms with Crippen LogP contribution in [0.25, 0.3) is 0 Å². The highest BCUT2D eigenvalue weighted by molar-refractivity contribution is 5.85. The molecule has 3 nitrogen and oxygen atoms in total. The molecule has 1 heterocycles. The number of methoxy groups -OCH3 is 1. The molecule has 1 unspecified atom stereocenters. The number of nitrogens with one attached hydrogen (secondary N) is 1. The average molecular weight is 192 g/mol. The molecular weight excluding hydrogens is 178 g/mol. The van der Waals surface area contributed by atoms with Crippen molar-refractivity contribution in [2.24, 2.45) is 5.92 Å². The summed E-state index contributed by atoms with van der Waals surface area (Å²) in [5, 5.41) is 3.27. The zero-order chi connectivity index (χ0) is 7.84. The number of halogens is 1. The molecule has 2 fully saturated rings. The second-order valence-electron chi connectivity index (χ2n) is 3.44. The molecule has 1 N–H and O–H groups in total. The number of esters is 1. The fraction of sp³-hybridized carbons (Fsp3) is 0.875. The van der Waals surface area contributed by atoms with Gasteiger partial charge >= 0.3 is 5.97 Å². The molecule has 0 spiro atoms. The first-order chi connectivity index (χ1) is 5.31. The van der Waals surface area contributed by atoms with Crippen LogP contribution in [0.3, 0.4) is 0 Å². The van der Waals surface area contributed by atoms with Gasteiger partial charge in [-0.05, 0) is 25.2 Å². The normalized spacial score (nSPS) is 37.6. The molecular formula is C8H14ClNO2. The maximum Gasteiger partial charge on any atom is 0.323 e. The van der Waals surface area contributed by atoms with Gasteiger partial charge in [-0.3, -0.25) is 4.79 Å². The Morgan fingerprint density at radius 1 is 1.50 bits per heavy atom. The first kappa shape index (κ1) is 9.81. The van der Waals surface area contributed by atoms with Crippen LogP contribution in [0.2, 0.25) is 0 Å². The Kier molecular flexibility index (Phi) is 2.96. The van der Waals surface area contributed by atoms with Crippen LogP contribution in [0.15, 0.2) is 0 Å². The summed E-state index contributed by atoms with van der Waals surface area (Å²) in [6.45, 7) is 0. The largest absolute Gasteiger partial charge is 0.468 e. The second-order valence-corrected chi connectivity index (χ2v) is 3.44. The third kappa shape index (κ3) is 1.43. The van der Waals surface area contributed by atoms with Crippen molar-refractivity contribution in [3.05, 3.63) is 0 Å². The Bertz CT molecular complexity index is 186. The number of hydrogen-bond acceptors (Lipinski definition) is 3. The summed E-state index contributed by atoms with van der Waals surface area (Å²) < 4.78 is 4.69. The average Bonchev–Trinajstić information content (AvgIpc) is 2.62. The molecule has 1 aliphatic carbocycles. The predicted octanol–water partition coefficient (Wildman–Crippen LogP) is 0.722. The zero-order valence-corrected chi connectivity index (χ0v) is 7.89. The summed E-state index contributed by atoms with van der Waals surface area (Å²) in [5.74, 6) is 0.463. The van der Waals surface area contributed by atoms with Gasteiger partial charge in [0.15, 0.2) is 0 Å². The van der Waals surface area contributed by atoms with E-state index in [1.165, 1.54) is 26.4 Å². The van der Waals surface area contributed by atoms with Gasteiger partial charge in [0.25, 0.3) is 0 Å². The molecule has 12 heavy (non-hydrogen) atoms. The van der Waals surface area contributed by atoms with E-state index in [4.69, 9.17) is 0 Å². The minimum atomic E-state index is -0.0859. The molecule has 70 valence electrons. The summed E-state index contributed by atoms with van der Waals surface area (Å²) in [4.78, 5) is 11.1. The molecule has 0 amide bonds. The monoisotopic (exact) mass is 191 g/mol. The van der Waals surface area contributed by atoms with Crippen molar-refractivity contribution >= 4 is 18.4 Å². The summed E-state index contributed by atoms with van der Waals surface area (Å²) in [6.07, 6.45) is 3.59. The van der Waals surface area contributed by atoms with Crippen molar-refractivity contribution < 1.29 is 9.53 Å². The Labute approximate surface area is 78.3 Å². The van der Waals surface area contributed by atoms with Gasteiger partial charge < -0.3 is 10.1 Å². The van der Waals surface area contributed by atoms with Gasteiger partial charge in [-0.1, -0.05) is 0 Å². The molecule has 4 heteroatoms. The molecule has 1 saturated carbocycles. The van der Waals surface area contributed by atoms with Gasteiger partial charge in [-0.2, -0.15) is 0 Å². The number of ether oxygens (including phenoxy) is 1. The van der Waals surface area contributed by atoms with Gasteiger partial charge in [-0.15, -0.1) is 12.4 Å². The van der Waals surface area contributed by atoms with Crippen LogP contribution < -0.4 is 5.32 Å². The van der Waals surface area contributed by atoms with Crippen LogP contribution in [-0.2, 0) is 9.53 Å². The summed E-state index contributed by atoms with van der Waals surface area (Å²) in [6, 6.07) is 0.586. The lowest BCUT2D eigenvalue weighted by atomic mass is 10.0. The molecule has 0 aromatic rings. The molecule has 3 atom stereocenters. The number of hydrogen-bond donors (Lipinski definition) is 1. The van der Waals surface area contributed by atoms with Crippen LogP contribution in [0.4, 0.5) is 0 Å². The quantitative estimate of drug-likeness (QED) is 0.621. The van der Waals surface area contributed by atoms with Gasteiger partial charge in [0.1, 0.15) is 6.04 Å². The first-order valence-corrected chi connectivity index (χ1v) is 4.15. The van der Waals surface area contributed by atoms with Crippen LogP contribution in [-0.4, -0.2) is 25.2 Å². The van der Waals surface area contributed by atoms with E-state index in [1.807, 2.05) is 0 Å². The van der Waals surface area contributed by atoms with Gasteiger partial charge in [0.05, 0.1) is 7.11 Å². The van der Waals surface area contributed by atoms with Crippen LogP contribution in [0.1, 0.15) is 19.3 Å². The third-order valence-corrected chi connectivity index (χ3v) is 2.81. The van der Waals surface area contributed by atoms with E-state index in [9.17, 15) is 4.79 Å². The van der Waals surface area contributed by atoms with E-state index >= 15 is 0 Å². The summed E-state index contributed by atoms with van der Waals surface area (Å²) >= 11 is 0. The van der Waals surface area contributed by atoms with Gasteiger partial charge in [0, 0.05) is 6.04 Å². The molecule has 1 saturated heterocycles. The number of fused-ring (bicyclic) bond motifs is 2. The van der Waals surface area contributed by atoms with Crippen molar-refractivity contribution in [1.29, 1.82) is 0 Å². The van der Waals surface area contributed by atoms with E-state index in [0.29, 0.717) is 12.0 Å². The summed E-state index contributed by atoms with van der Waals surface area (Å²) in [5.41, 5.74) is 0. The fourth-order valence-corrected chi connectivity index (χ4v) is 2.25. The highest BCUT2D eigenvalue weighted by Gasteiger charge is 2.43. The maximum atomic E-state index is 11.1. The number of carbonyl (C=O) groups is 1. The van der Waals surface area contributed by atoms with Crippen molar-refractivity contribution in [2.75, 3.05) is 7.11 Å². The number of rotatable bonds is 1. The van der Waals surface area contributed by atoms with E-state index in [0.717, 1.165) is 0 Å². The van der Waals surface area contributed by atoms with Crippen molar-refractivity contribution in [2.45, 2.75) is 31.3 Å². The molecule has 1 aliphatic heterocycles. The van der Waals surface area contributed by atoms with E-state index in [-0.39, 0.29) is 24.4 Å². The van der Waals surface area contributed by atoms with E-state index in [2.05, 4.69) is 10.1 Å². The highest BCUT2D eigenvalue weighted by Crippen LogP contribution is 2.35. The topological polar surface area (TPSA) is 38.3 Å². The first-order valence-electron chi connectivity index (χ1n) is 4.15. The third-order valence-electron chi connectivity index (χ3n) is 2.81. The van der Waals surface area contributed by atoms with Crippen LogP contribution in [0, 0.1) is 5.92 Å². The molecule has 2 rings (SSSR count). The highest BCUT2D eigenvalue weighted by atomic mass is 35.5. The smallest absolute Gasteiger partial charge is 0.323 e. The lowest BCUT2D eigenvalue weighted by molar-refractivity contribution is -0.144. The molecule has 2 bridgehead atoms. The second kappa shape index (κ2) is 3.62. The number of piperidine rings is 1. The van der Waals surface area contributed by atoms with Gasteiger partial charge in [-0.25, -0.2) is 0 Å². The van der Waals surface area contributed by atoms with Crippen LogP contribution >= 0.6 is 12.4 Å². The van der Waals surface area contributed by atoms with Gasteiger partial charge in [0.2, 0.25) is 0 Å². The predicted molar refractivity (Wildman–Crippen MR) is 47.3 cm³/mol. The SMILES string of the molecule is COC(=O)C1N[C@H]2CC[C@@H]1C2.Cl. The van der Waals surface area contributed by atoms with Crippen molar-refractivity contribution in [3.8, 4) is 0 Å². The molecule has 0 radical (unpaired) electrons. The van der Waals surface area contributed by atoms with Crippen LogP contribution in [0.5, 0.6) is 0 Å². The van der Waals surface area contributed by atoms with E-state index < -0.39 is 0 Å². The zero-order valence-electron chi connectivity index (χ0n) is 7.08. The number of carbonyl (C=O) groups excluding carboxylic acids is 1. The Morgan fingerprint density at radius 3 is 2.67 bits per heavy atom. The summed E-state index contributed by atoms with van der Waals surface area (Å²) in [7, 11) is 1.45. The molecule has 2 aliphatic rings. The maximum absolute atomic E-state index is 11.1. The standard InChI is InChI=1S/C8H13NO2.ClH/c1-11-8(10)7-5-2-3-6(4-5)9-7;/h5-7,9H,2-4H2,1H3;1H/t5-,6+,7?;/m1./s1. The van der Waals surface area contributed by atoms with Crippen molar-refractivity contribution in [3.63, 3.8) is 0 Å². The Balaban J connectivity index is 0.000000720. The minimum Gasteiger partial charge on any atom is -0.468 e. The lowest BCUT2D eigenvalue weighted by Crippen LogP contribution is -2.42. The molecule has 0 aromatic heterocycles. The van der Waals surface area contributed by atoms with Crippen molar-refractivity contribution in [1.82, 2.24) is 5.32 Å². The Morgan fingerprint density at radius 2 is 2.25 bits per heavy atom. The molecule has 0 aromatic carbocycles. The fourth-order valence-electron chi connectivity index (χ4n) is 2.25. The minimum absolute atomic E-state index is 0. The van der Waals surface area contributed by atoms with E-state index in [1.54, 1.807) is 0 Å².